The van der Waals surface area contributed by atoms with Gasteiger partial charge in [-0.3, -0.25) is 14.8 Å². The number of amides is 1. The first-order valence-corrected chi connectivity index (χ1v) is 9.41. The molecular weight excluding hydrogens is 326 g/mol. The molecule has 2 unspecified atom stereocenters. The van der Waals surface area contributed by atoms with E-state index in [1.807, 2.05) is 0 Å². The van der Waals surface area contributed by atoms with Gasteiger partial charge in [-0.2, -0.15) is 0 Å². The van der Waals surface area contributed by atoms with Gasteiger partial charge in [-0.1, -0.05) is 30.3 Å². The smallest absolute Gasteiger partial charge is 0.411 e. The van der Waals surface area contributed by atoms with Crippen molar-refractivity contribution in [3.05, 3.63) is 60.4 Å². The zero-order valence-electron chi connectivity index (χ0n) is 14.9. The zero-order chi connectivity index (χ0) is 17.9. The van der Waals surface area contributed by atoms with Crippen molar-refractivity contribution in [3.63, 3.8) is 0 Å². The Kier molecular flexibility index (Phi) is 4.89. The van der Waals surface area contributed by atoms with Crippen LogP contribution in [-0.2, 0) is 6.54 Å². The zero-order valence-corrected chi connectivity index (χ0v) is 14.9. The molecule has 1 aromatic heterocycles. The van der Waals surface area contributed by atoms with E-state index in [0.717, 1.165) is 19.4 Å². The first kappa shape index (κ1) is 17.0. The van der Waals surface area contributed by atoms with Crippen molar-refractivity contribution in [1.29, 1.82) is 0 Å². The van der Waals surface area contributed by atoms with E-state index in [0.29, 0.717) is 30.2 Å². The molecule has 5 heteroatoms. The second-order valence-corrected chi connectivity index (χ2v) is 7.48. The Labute approximate surface area is 154 Å². The molecule has 4 rings (SSSR count). The number of aromatic nitrogens is 1. The molecule has 2 aliphatic heterocycles. The molecule has 2 aliphatic rings. The fourth-order valence-electron chi connectivity index (χ4n) is 4.66. The predicted octanol–water partition coefficient (Wildman–Crippen LogP) is 4.01. The molecule has 0 aliphatic carbocycles. The summed E-state index contributed by atoms with van der Waals surface area (Å²) in [6.07, 6.45) is 7.05. The Bertz CT molecular complexity index is 723. The lowest BCUT2D eigenvalue weighted by Gasteiger charge is -2.40. The second-order valence-electron chi connectivity index (χ2n) is 7.48. The van der Waals surface area contributed by atoms with Gasteiger partial charge in [-0.05, 0) is 49.3 Å². The van der Waals surface area contributed by atoms with Crippen molar-refractivity contribution in [1.82, 2.24) is 9.88 Å². The minimum Gasteiger partial charge on any atom is -0.465 e. The van der Waals surface area contributed by atoms with E-state index in [9.17, 15) is 9.90 Å². The molecule has 1 aromatic carbocycles. The minimum absolute atomic E-state index is 0.420. The first-order valence-electron chi connectivity index (χ1n) is 9.41. The molecule has 0 radical (unpaired) electrons. The summed E-state index contributed by atoms with van der Waals surface area (Å²) in [5.74, 6) is 0.420. The maximum Gasteiger partial charge on any atom is 0.411 e. The highest BCUT2D eigenvalue weighted by molar-refractivity contribution is 5.85. The van der Waals surface area contributed by atoms with Crippen molar-refractivity contribution < 1.29 is 9.90 Å². The van der Waals surface area contributed by atoms with E-state index in [4.69, 9.17) is 0 Å². The largest absolute Gasteiger partial charge is 0.465 e. The van der Waals surface area contributed by atoms with E-state index < -0.39 is 6.09 Å². The molecule has 2 aromatic rings. The van der Waals surface area contributed by atoms with E-state index in [-0.39, 0.29) is 0 Å². The number of piperidine rings is 1. The van der Waals surface area contributed by atoms with Crippen LogP contribution in [0.5, 0.6) is 0 Å². The van der Waals surface area contributed by atoms with Gasteiger partial charge in [-0.15, -0.1) is 0 Å². The van der Waals surface area contributed by atoms with Gasteiger partial charge in [0.2, 0.25) is 0 Å². The summed E-state index contributed by atoms with van der Waals surface area (Å²) in [5.41, 5.74) is 2.08. The Balaban J connectivity index is 1.42. The number of fused-ring (bicyclic) bond motifs is 2. The predicted molar refractivity (Wildman–Crippen MR) is 101 cm³/mol. The highest BCUT2D eigenvalue weighted by Crippen LogP contribution is 2.40. The summed E-state index contributed by atoms with van der Waals surface area (Å²) < 4.78 is 0. The van der Waals surface area contributed by atoms with Crippen LogP contribution in [0.1, 0.15) is 31.2 Å². The van der Waals surface area contributed by atoms with Crippen molar-refractivity contribution in [3.8, 4) is 0 Å². The van der Waals surface area contributed by atoms with Gasteiger partial charge in [0.05, 0.1) is 5.69 Å². The monoisotopic (exact) mass is 351 g/mol. The van der Waals surface area contributed by atoms with Crippen LogP contribution < -0.4 is 4.90 Å². The molecule has 2 fully saturated rings. The topological polar surface area (TPSA) is 56.7 Å². The van der Waals surface area contributed by atoms with Crippen LogP contribution in [0.15, 0.2) is 54.9 Å². The Morgan fingerprint density at radius 2 is 1.73 bits per heavy atom. The summed E-state index contributed by atoms with van der Waals surface area (Å²) in [6.45, 7) is 1.58. The highest BCUT2D eigenvalue weighted by atomic mass is 16.4. The van der Waals surface area contributed by atoms with Gasteiger partial charge in [-0.25, -0.2) is 4.79 Å². The van der Waals surface area contributed by atoms with E-state index in [2.05, 4.69) is 40.2 Å². The molecule has 1 amide bonds. The van der Waals surface area contributed by atoms with Gasteiger partial charge < -0.3 is 5.11 Å². The summed E-state index contributed by atoms with van der Waals surface area (Å²) in [7, 11) is 0. The molecule has 2 atom stereocenters. The number of carbonyl (C=O) groups is 1. The number of anilines is 1. The number of hydrogen-bond donors (Lipinski definition) is 1. The van der Waals surface area contributed by atoms with Crippen LogP contribution in [0.3, 0.4) is 0 Å². The number of nitrogens with zero attached hydrogens (tertiary/aromatic N) is 3. The van der Waals surface area contributed by atoms with Gasteiger partial charge in [0.15, 0.2) is 0 Å². The lowest BCUT2D eigenvalue weighted by atomic mass is 9.89. The highest BCUT2D eigenvalue weighted by Gasteiger charge is 2.41. The Morgan fingerprint density at radius 1 is 1.08 bits per heavy atom. The number of benzene rings is 1. The molecule has 1 N–H and O–H groups in total. The maximum atomic E-state index is 11.8. The lowest BCUT2D eigenvalue weighted by Crippen LogP contribution is -2.46. The third-order valence-corrected chi connectivity index (χ3v) is 5.84. The standard InChI is InChI=1S/C21H25N3O2/c25-21(26)24(18-8-10-22-11-9-18)15-17-12-19-6-7-20(13-17)23(19)14-16-4-2-1-3-5-16/h1-5,8-11,17,19-20H,6-7,12-15H2,(H,25,26). The first-order chi connectivity index (χ1) is 12.7. The third kappa shape index (κ3) is 3.58. The Morgan fingerprint density at radius 3 is 2.35 bits per heavy atom. The summed E-state index contributed by atoms with van der Waals surface area (Å²) in [6, 6.07) is 15.3. The summed E-state index contributed by atoms with van der Waals surface area (Å²) >= 11 is 0. The molecule has 3 heterocycles. The van der Waals surface area contributed by atoms with Crippen LogP contribution >= 0.6 is 0 Å². The van der Waals surface area contributed by atoms with Gasteiger partial charge in [0, 0.05) is 37.6 Å². The summed E-state index contributed by atoms with van der Waals surface area (Å²) in [4.78, 5) is 19.9. The summed E-state index contributed by atoms with van der Waals surface area (Å²) in [5, 5.41) is 9.65. The number of carboxylic acid groups (broad SMARTS) is 1. The van der Waals surface area contributed by atoms with E-state index >= 15 is 0 Å². The van der Waals surface area contributed by atoms with E-state index in [1.165, 1.54) is 23.3 Å². The van der Waals surface area contributed by atoms with Gasteiger partial charge in [0.25, 0.3) is 0 Å². The molecule has 2 bridgehead atoms. The van der Waals surface area contributed by atoms with Gasteiger partial charge in [0.1, 0.15) is 0 Å². The maximum absolute atomic E-state index is 11.8. The number of rotatable bonds is 5. The SMILES string of the molecule is O=C(O)N(CC1CC2CCC(C1)N2Cc1ccccc1)c1ccncc1. The fraction of sp³-hybridized carbons (Fsp3) is 0.429. The van der Waals surface area contributed by atoms with Crippen LogP contribution in [-0.4, -0.2) is 39.7 Å². The quantitative estimate of drug-likeness (QED) is 0.884. The fourth-order valence-corrected chi connectivity index (χ4v) is 4.66. The molecule has 26 heavy (non-hydrogen) atoms. The van der Waals surface area contributed by atoms with Crippen LogP contribution in [0.25, 0.3) is 0 Å². The molecule has 0 spiro atoms. The van der Waals surface area contributed by atoms with E-state index in [1.54, 1.807) is 24.5 Å². The number of pyridine rings is 1. The van der Waals surface area contributed by atoms with Crippen LogP contribution in [0.2, 0.25) is 0 Å². The lowest BCUT2D eigenvalue weighted by molar-refractivity contribution is 0.0976. The van der Waals surface area contributed by atoms with Crippen molar-refractivity contribution >= 4 is 11.8 Å². The second kappa shape index (κ2) is 7.46. The normalized spacial score (nSPS) is 25.2. The average Bonchev–Trinajstić information content (AvgIpc) is 2.89. The number of hydrogen-bond acceptors (Lipinski definition) is 3. The minimum atomic E-state index is -0.879. The van der Waals surface area contributed by atoms with Crippen LogP contribution in [0, 0.1) is 5.92 Å². The van der Waals surface area contributed by atoms with Crippen LogP contribution in [0.4, 0.5) is 10.5 Å². The van der Waals surface area contributed by atoms with Crippen molar-refractivity contribution in [2.75, 3.05) is 11.4 Å². The molecule has 136 valence electrons. The van der Waals surface area contributed by atoms with Crippen molar-refractivity contribution in [2.24, 2.45) is 5.92 Å². The molecule has 2 saturated heterocycles. The molecule has 5 nitrogen and oxygen atoms in total. The molecule has 0 saturated carbocycles. The Hall–Kier alpha value is -2.40. The third-order valence-electron chi connectivity index (χ3n) is 5.84. The van der Waals surface area contributed by atoms with Gasteiger partial charge >= 0.3 is 6.09 Å². The molecular formula is C21H25N3O2. The van der Waals surface area contributed by atoms with Crippen molar-refractivity contribution in [2.45, 2.75) is 44.3 Å². The average molecular weight is 351 g/mol.